The summed E-state index contributed by atoms with van der Waals surface area (Å²) in [5.74, 6) is -1.03. The number of aliphatic hydroxyl groups excluding tert-OH is 1. The summed E-state index contributed by atoms with van der Waals surface area (Å²) in [7, 11) is 0. The number of carbonyl (C=O) groups is 1. The number of carboxylic acid groups (broad SMARTS) is 1. The van der Waals surface area contributed by atoms with Crippen LogP contribution in [0.1, 0.15) is 13.3 Å². The fourth-order valence-electron chi connectivity index (χ4n) is 0.365. The third kappa shape index (κ3) is 5.81. The summed E-state index contributed by atoms with van der Waals surface area (Å²) in [5, 5.41) is 16.9. The molecule has 62 valence electrons. The first-order valence-corrected chi connectivity index (χ1v) is 2.69. The van der Waals surface area contributed by atoms with Crippen LogP contribution < -0.4 is 5.73 Å². The van der Waals surface area contributed by atoms with E-state index in [-0.39, 0.29) is 18.8 Å². The largest absolute Gasteiger partial charge is 0.481 e. The molecule has 0 aliphatic carbocycles. The molecule has 4 nitrogen and oxygen atoms in total. The zero-order valence-electron chi connectivity index (χ0n) is 5.65. The van der Waals surface area contributed by atoms with Gasteiger partial charge in [0.2, 0.25) is 0 Å². The molecular formula is C5H12ClNO3. The van der Waals surface area contributed by atoms with Crippen LogP contribution in [0.15, 0.2) is 0 Å². The number of nitrogens with two attached hydrogens (primary N) is 1. The van der Waals surface area contributed by atoms with Crippen molar-refractivity contribution in [2.45, 2.75) is 25.5 Å². The Hall–Kier alpha value is -0.320. The van der Waals surface area contributed by atoms with Crippen molar-refractivity contribution < 1.29 is 15.0 Å². The second-order valence-corrected chi connectivity index (χ2v) is 2.02. The van der Waals surface area contributed by atoms with E-state index in [4.69, 9.17) is 15.9 Å². The summed E-state index contributed by atoms with van der Waals surface area (Å²) in [5.41, 5.74) is 5.17. The van der Waals surface area contributed by atoms with Crippen LogP contribution in [-0.4, -0.2) is 28.3 Å². The summed E-state index contributed by atoms with van der Waals surface area (Å²) >= 11 is 0. The lowest BCUT2D eigenvalue weighted by atomic mass is 10.1. The first-order valence-electron chi connectivity index (χ1n) is 2.69. The highest BCUT2D eigenvalue weighted by Crippen LogP contribution is 1.94. The Balaban J connectivity index is 0. The Labute approximate surface area is 65.4 Å². The molecular weight excluding hydrogens is 158 g/mol. The van der Waals surface area contributed by atoms with Crippen LogP contribution in [0.5, 0.6) is 0 Å². The van der Waals surface area contributed by atoms with E-state index in [9.17, 15) is 4.79 Å². The monoisotopic (exact) mass is 169 g/mol. The molecule has 0 amide bonds. The molecule has 0 saturated carbocycles. The highest BCUT2D eigenvalue weighted by atomic mass is 35.5. The van der Waals surface area contributed by atoms with Gasteiger partial charge in [0.15, 0.2) is 0 Å². The molecule has 5 heteroatoms. The second-order valence-electron chi connectivity index (χ2n) is 2.02. The molecule has 0 bridgehead atoms. The summed E-state index contributed by atoms with van der Waals surface area (Å²) in [4.78, 5) is 9.90. The van der Waals surface area contributed by atoms with Crippen molar-refractivity contribution in [3.8, 4) is 0 Å². The topological polar surface area (TPSA) is 83.5 Å². The molecule has 0 heterocycles. The minimum atomic E-state index is -1.03. The van der Waals surface area contributed by atoms with E-state index in [0.717, 1.165) is 0 Å². The van der Waals surface area contributed by atoms with Gasteiger partial charge < -0.3 is 15.9 Å². The molecule has 0 aromatic carbocycles. The van der Waals surface area contributed by atoms with Crippen molar-refractivity contribution in [3.63, 3.8) is 0 Å². The summed E-state index contributed by atoms with van der Waals surface area (Å²) in [6.45, 7) is 1.56. The van der Waals surface area contributed by atoms with E-state index in [1.165, 1.54) is 0 Å². The summed E-state index contributed by atoms with van der Waals surface area (Å²) < 4.78 is 0. The van der Waals surface area contributed by atoms with Crippen molar-refractivity contribution in [1.82, 2.24) is 0 Å². The highest BCUT2D eigenvalue weighted by Gasteiger charge is 2.12. The molecule has 0 spiro atoms. The third-order valence-corrected chi connectivity index (χ3v) is 0.991. The van der Waals surface area contributed by atoms with E-state index < -0.39 is 18.1 Å². The van der Waals surface area contributed by atoms with E-state index in [0.29, 0.717) is 0 Å². The number of hydrogen-bond donors (Lipinski definition) is 3. The van der Waals surface area contributed by atoms with E-state index in [2.05, 4.69) is 0 Å². The Bertz CT molecular complexity index is 107. The zero-order valence-corrected chi connectivity index (χ0v) is 6.47. The van der Waals surface area contributed by atoms with Crippen molar-refractivity contribution >= 4 is 18.4 Å². The molecule has 0 radical (unpaired) electrons. The van der Waals surface area contributed by atoms with Crippen LogP contribution >= 0.6 is 12.4 Å². The lowest BCUT2D eigenvalue weighted by Crippen LogP contribution is -2.33. The fraction of sp³-hybridized carbons (Fsp3) is 0.800. The van der Waals surface area contributed by atoms with Gasteiger partial charge in [0, 0.05) is 6.04 Å². The highest BCUT2D eigenvalue weighted by molar-refractivity contribution is 5.85. The minimum Gasteiger partial charge on any atom is -0.481 e. The van der Waals surface area contributed by atoms with Gasteiger partial charge in [-0.05, 0) is 6.92 Å². The molecule has 0 aliphatic rings. The van der Waals surface area contributed by atoms with Crippen LogP contribution in [0.25, 0.3) is 0 Å². The van der Waals surface area contributed by atoms with Gasteiger partial charge in [-0.15, -0.1) is 12.4 Å². The number of halogens is 1. The predicted octanol–water partition coefficient (Wildman–Crippen LogP) is -0.409. The molecule has 0 aromatic heterocycles. The van der Waals surface area contributed by atoms with Crippen LogP contribution in [0.2, 0.25) is 0 Å². The molecule has 0 aliphatic heterocycles. The predicted molar refractivity (Wildman–Crippen MR) is 39.2 cm³/mol. The average molecular weight is 170 g/mol. The minimum absolute atomic E-state index is 0. The van der Waals surface area contributed by atoms with Crippen molar-refractivity contribution in [2.75, 3.05) is 0 Å². The van der Waals surface area contributed by atoms with E-state index in [1.807, 2.05) is 0 Å². The standard InChI is InChI=1S/C5H11NO3.ClH/c1-3(6)4(7)2-5(8)9;/h3-4,7H,2,6H2,1H3,(H,8,9);1H/t3?,4-;/m0./s1. The van der Waals surface area contributed by atoms with Crippen molar-refractivity contribution in [1.29, 1.82) is 0 Å². The van der Waals surface area contributed by atoms with E-state index in [1.54, 1.807) is 6.92 Å². The van der Waals surface area contributed by atoms with Gasteiger partial charge in [0.1, 0.15) is 0 Å². The molecule has 2 atom stereocenters. The molecule has 0 aromatic rings. The molecule has 0 fully saturated rings. The number of aliphatic carboxylic acids is 1. The molecule has 0 saturated heterocycles. The van der Waals surface area contributed by atoms with Crippen molar-refractivity contribution in [2.24, 2.45) is 5.73 Å². The maximum absolute atomic E-state index is 9.90. The third-order valence-electron chi connectivity index (χ3n) is 0.991. The molecule has 0 rings (SSSR count). The van der Waals surface area contributed by atoms with Crippen LogP contribution in [0, 0.1) is 0 Å². The first kappa shape index (κ1) is 12.4. The summed E-state index contributed by atoms with van der Waals surface area (Å²) in [6.07, 6.45) is -1.21. The Morgan fingerprint density at radius 2 is 2.10 bits per heavy atom. The van der Waals surface area contributed by atoms with Gasteiger partial charge in [0.25, 0.3) is 0 Å². The van der Waals surface area contributed by atoms with Crippen LogP contribution in [-0.2, 0) is 4.79 Å². The lowest BCUT2D eigenvalue weighted by Gasteiger charge is -2.10. The number of rotatable bonds is 3. The molecule has 4 N–H and O–H groups in total. The van der Waals surface area contributed by atoms with Gasteiger partial charge in [-0.2, -0.15) is 0 Å². The summed E-state index contributed by atoms with van der Waals surface area (Å²) in [6, 6.07) is -0.471. The van der Waals surface area contributed by atoms with Crippen LogP contribution in [0.3, 0.4) is 0 Å². The smallest absolute Gasteiger partial charge is 0.306 e. The quantitative estimate of drug-likeness (QED) is 0.537. The average Bonchev–Trinajstić information content (AvgIpc) is 1.63. The lowest BCUT2D eigenvalue weighted by molar-refractivity contribution is -0.139. The molecule has 1 unspecified atom stereocenters. The van der Waals surface area contributed by atoms with Gasteiger partial charge >= 0.3 is 5.97 Å². The fourth-order valence-corrected chi connectivity index (χ4v) is 0.365. The first-order chi connectivity index (χ1) is 4.04. The normalized spacial score (nSPS) is 15.1. The van der Waals surface area contributed by atoms with Gasteiger partial charge in [-0.3, -0.25) is 4.79 Å². The number of hydrogen-bond acceptors (Lipinski definition) is 3. The van der Waals surface area contributed by atoms with Crippen molar-refractivity contribution in [3.05, 3.63) is 0 Å². The van der Waals surface area contributed by atoms with E-state index >= 15 is 0 Å². The van der Waals surface area contributed by atoms with Gasteiger partial charge in [0.05, 0.1) is 12.5 Å². The maximum atomic E-state index is 9.90. The SMILES string of the molecule is CC(N)[C@@H](O)CC(=O)O.Cl. The van der Waals surface area contributed by atoms with Gasteiger partial charge in [-0.25, -0.2) is 0 Å². The number of aliphatic hydroxyl groups is 1. The Morgan fingerprint density at radius 1 is 1.70 bits per heavy atom. The molecule has 10 heavy (non-hydrogen) atoms. The Morgan fingerprint density at radius 3 is 2.20 bits per heavy atom. The van der Waals surface area contributed by atoms with Gasteiger partial charge in [-0.1, -0.05) is 0 Å². The zero-order chi connectivity index (χ0) is 7.44. The maximum Gasteiger partial charge on any atom is 0.306 e. The van der Waals surface area contributed by atoms with Crippen LogP contribution in [0.4, 0.5) is 0 Å². The Kier molecular flexibility index (Phi) is 6.76. The second kappa shape index (κ2) is 5.46. The number of carboxylic acids is 1.